The van der Waals surface area contributed by atoms with Crippen molar-refractivity contribution in [3.63, 3.8) is 0 Å². The molecule has 0 fully saturated rings. The first-order valence-electron chi connectivity index (χ1n) is 1.77. The van der Waals surface area contributed by atoms with E-state index in [0.29, 0.717) is 0 Å². The summed E-state index contributed by atoms with van der Waals surface area (Å²) in [5.41, 5.74) is 0. The molecule has 0 N–H and O–H groups in total. The molecule has 0 nitrogen and oxygen atoms in total. The van der Waals surface area contributed by atoms with E-state index in [0.717, 1.165) is 0 Å². The molecule has 31 valence electrons. The summed E-state index contributed by atoms with van der Waals surface area (Å²) in [6.45, 7) is 2.27. The van der Waals surface area contributed by atoms with Gasteiger partial charge < -0.3 is 0 Å². The first-order valence-corrected chi connectivity index (χ1v) is 9.44. The molecule has 0 spiro atoms. The van der Waals surface area contributed by atoms with Crippen molar-refractivity contribution in [2.45, 2.75) is 6.92 Å². The molecule has 0 bridgehead atoms. The van der Waals surface area contributed by atoms with Gasteiger partial charge in [-0.25, -0.2) is 0 Å². The van der Waals surface area contributed by atoms with Crippen molar-refractivity contribution in [2.24, 2.45) is 0 Å². The topological polar surface area (TPSA) is 0 Å². The summed E-state index contributed by atoms with van der Waals surface area (Å²) in [7, 11) is 0. The molecule has 1 rings (SSSR count). The molecule has 0 saturated carbocycles. The van der Waals surface area contributed by atoms with Crippen LogP contribution in [-0.2, 0) is 0 Å². The fourth-order valence-electron chi connectivity index (χ4n) is 0.289. The summed E-state index contributed by atoms with van der Waals surface area (Å²) >= 11 is -0.373. The predicted octanol–water partition coefficient (Wildman–Crippen LogP) is -0.361. The standard InChI is InChI=1S/C3H4.C.2Bi.H/c1-3-2;;;;/h1H,2H3;;;;. The van der Waals surface area contributed by atoms with Gasteiger partial charge in [0.15, 0.2) is 0 Å². The molecular formula is C4H5Bi2. The Kier molecular flexibility index (Phi) is 2.41. The van der Waals surface area contributed by atoms with Crippen LogP contribution < -0.4 is 0 Å². The van der Waals surface area contributed by atoms with E-state index in [1.54, 1.807) is 3.28 Å². The average Bonchev–Trinajstić information content (AvgIpc) is 1.86. The summed E-state index contributed by atoms with van der Waals surface area (Å²) in [4.78, 5) is 0. The van der Waals surface area contributed by atoms with E-state index in [2.05, 4.69) is 12.1 Å². The van der Waals surface area contributed by atoms with Crippen LogP contribution in [0.3, 0.4) is 0 Å². The van der Waals surface area contributed by atoms with Gasteiger partial charge in [-0.15, -0.1) is 0 Å². The molecule has 1 heterocycles. The van der Waals surface area contributed by atoms with E-state index in [-0.39, 0.29) is 46.0 Å². The van der Waals surface area contributed by atoms with Crippen LogP contribution in [0.2, 0.25) is 0 Å². The van der Waals surface area contributed by atoms with Crippen molar-refractivity contribution in [3.05, 3.63) is 7.06 Å². The summed E-state index contributed by atoms with van der Waals surface area (Å²) in [5, 5.41) is 0. The maximum atomic E-state index is 3.55. The van der Waals surface area contributed by atoms with Gasteiger partial charge in [-0.3, -0.25) is 0 Å². The third-order valence-electron chi connectivity index (χ3n) is 0.578. The number of hydrogen-bond donors (Lipinski definition) is 0. The Bertz CT molecular complexity index is 99.4. The fourth-order valence-corrected chi connectivity index (χ4v) is 17.4. The molecule has 0 aromatic rings. The van der Waals surface area contributed by atoms with Gasteiger partial charge in [0.05, 0.1) is 0 Å². The van der Waals surface area contributed by atoms with E-state index < -0.39 is 0 Å². The second-order valence-corrected chi connectivity index (χ2v) is 15.5. The minimum absolute atomic E-state index is 0.140. The summed E-state index contributed by atoms with van der Waals surface area (Å²) in [6, 6.07) is 0. The van der Waals surface area contributed by atoms with Gasteiger partial charge in [0, 0.05) is 0 Å². The van der Waals surface area contributed by atoms with E-state index in [1.807, 2.05) is 0 Å². The Morgan fingerprint density at radius 2 is 2.83 bits per heavy atom. The van der Waals surface area contributed by atoms with Gasteiger partial charge in [-0.1, -0.05) is 0 Å². The van der Waals surface area contributed by atoms with E-state index >= 15 is 0 Å². The predicted molar refractivity (Wildman–Crippen MR) is 31.7 cm³/mol. The molecule has 0 unspecified atom stereocenters. The molecule has 2 heteroatoms. The zero-order valence-electron chi connectivity index (χ0n) is 3.52. The van der Waals surface area contributed by atoms with Crippen LogP contribution in [0.5, 0.6) is 0 Å². The Labute approximate surface area is 60.6 Å². The zero-order valence-corrected chi connectivity index (χ0v) is 10.9. The molecule has 6 heavy (non-hydrogen) atoms. The molecule has 1 aliphatic heterocycles. The van der Waals surface area contributed by atoms with Crippen molar-refractivity contribution in [1.29, 1.82) is 0 Å². The Balaban J connectivity index is 2.68. The Morgan fingerprint density at radius 1 is 2.00 bits per heavy atom. The van der Waals surface area contributed by atoms with Gasteiger partial charge in [-0.05, 0) is 0 Å². The summed E-state index contributed by atoms with van der Waals surface area (Å²) in [5.74, 6) is 0. The van der Waals surface area contributed by atoms with Crippen molar-refractivity contribution in [1.82, 2.24) is 0 Å². The average molecular weight is 471 g/mol. The first-order chi connectivity index (χ1) is 2.89. The molecule has 0 aromatic heterocycles. The Morgan fingerprint density at radius 3 is 3.00 bits per heavy atom. The van der Waals surface area contributed by atoms with E-state index in [1.165, 1.54) is 0 Å². The zero-order chi connectivity index (χ0) is 4.41. The van der Waals surface area contributed by atoms with E-state index in [4.69, 9.17) is 0 Å². The van der Waals surface area contributed by atoms with Crippen LogP contribution in [-0.4, -0.2) is 47.4 Å². The molecule has 0 saturated heterocycles. The minimum atomic E-state index is -0.233. The summed E-state index contributed by atoms with van der Waals surface area (Å²) < 4.78 is 7.77. The van der Waals surface area contributed by atoms with Crippen LogP contribution in [0.25, 0.3) is 0 Å². The monoisotopic (exact) mass is 471 g/mol. The third kappa shape index (κ3) is 1.47. The van der Waals surface area contributed by atoms with Gasteiger partial charge in [0.1, 0.15) is 0 Å². The second kappa shape index (κ2) is 2.63. The maximum absolute atomic E-state index is 3.55. The fraction of sp³-hybridized carbons (Fsp3) is 0.250. The van der Waals surface area contributed by atoms with Crippen LogP contribution in [0.15, 0.2) is 7.06 Å². The number of hydrogen-bond acceptors (Lipinski definition) is 0. The molecule has 0 atom stereocenters. The Hall–Kier alpha value is 1.38. The van der Waals surface area contributed by atoms with E-state index in [9.17, 15) is 0 Å². The molecule has 1 radical (unpaired) electrons. The van der Waals surface area contributed by atoms with Crippen LogP contribution in [0, 0.1) is 0 Å². The molecule has 0 aliphatic carbocycles. The third-order valence-corrected chi connectivity index (χ3v) is 17.7. The molecule has 0 amide bonds. The van der Waals surface area contributed by atoms with Gasteiger partial charge >= 0.3 is 61.4 Å². The first kappa shape index (κ1) is 5.51. The van der Waals surface area contributed by atoms with Crippen molar-refractivity contribution < 1.29 is 0 Å². The SMILES string of the molecule is C[C]1=[CH][BiH][C]=[Bi]1. The quantitative estimate of drug-likeness (QED) is 0.424. The van der Waals surface area contributed by atoms with Crippen LogP contribution >= 0.6 is 0 Å². The van der Waals surface area contributed by atoms with Crippen LogP contribution in [0.1, 0.15) is 6.92 Å². The van der Waals surface area contributed by atoms with Crippen molar-refractivity contribution in [2.75, 3.05) is 0 Å². The van der Waals surface area contributed by atoms with Gasteiger partial charge in [0.25, 0.3) is 0 Å². The normalized spacial score (nSPS) is 18.5. The van der Waals surface area contributed by atoms with Crippen molar-refractivity contribution >= 4 is 47.4 Å². The number of rotatable bonds is 0. The molecular weight excluding hydrogens is 466 g/mol. The molecule has 1 aliphatic rings. The molecule has 0 aromatic carbocycles. The van der Waals surface area contributed by atoms with Crippen LogP contribution in [0.4, 0.5) is 0 Å². The van der Waals surface area contributed by atoms with Crippen molar-refractivity contribution in [3.8, 4) is 0 Å². The number of allylic oxidation sites excluding steroid dienone is 1. The van der Waals surface area contributed by atoms with Gasteiger partial charge in [0.2, 0.25) is 0 Å². The summed E-state index contributed by atoms with van der Waals surface area (Å²) in [6.07, 6.45) is 0. The van der Waals surface area contributed by atoms with Gasteiger partial charge in [-0.2, -0.15) is 0 Å². The second-order valence-electron chi connectivity index (χ2n) is 1.15.